The lowest BCUT2D eigenvalue weighted by Gasteiger charge is -2.14. The van der Waals surface area contributed by atoms with E-state index in [4.69, 9.17) is 5.73 Å². The minimum absolute atomic E-state index is 0.270. The van der Waals surface area contributed by atoms with E-state index in [0.717, 1.165) is 14.9 Å². The van der Waals surface area contributed by atoms with Gasteiger partial charge in [-0.1, -0.05) is 28.1 Å². The van der Waals surface area contributed by atoms with Crippen molar-refractivity contribution in [2.75, 3.05) is 0 Å². The van der Waals surface area contributed by atoms with Gasteiger partial charge in [-0.05, 0) is 30.7 Å². The van der Waals surface area contributed by atoms with Gasteiger partial charge in [-0.2, -0.15) is 0 Å². The molecule has 2 rings (SSSR count). The molecule has 0 aliphatic heterocycles. The monoisotopic (exact) mass is 374 g/mol. The zero-order valence-electron chi connectivity index (χ0n) is 10.8. The number of nitrogens with two attached hydrogens (primary N) is 1. The molecule has 0 amide bonds. The topological polar surface area (TPSA) is 72.2 Å². The number of rotatable bonds is 5. The van der Waals surface area contributed by atoms with Crippen molar-refractivity contribution in [3.63, 3.8) is 0 Å². The number of nitrogens with one attached hydrogen (secondary N) is 1. The highest BCUT2D eigenvalue weighted by molar-refractivity contribution is 9.10. The van der Waals surface area contributed by atoms with Crippen LogP contribution in [0, 0.1) is 0 Å². The van der Waals surface area contributed by atoms with E-state index in [-0.39, 0.29) is 10.9 Å². The van der Waals surface area contributed by atoms with E-state index in [9.17, 15) is 8.42 Å². The Bertz CT molecular complexity index is 681. The summed E-state index contributed by atoms with van der Waals surface area (Å²) in [5, 5.41) is 1.61. The van der Waals surface area contributed by atoms with Crippen molar-refractivity contribution in [2.45, 2.75) is 24.4 Å². The summed E-state index contributed by atoms with van der Waals surface area (Å²) in [7, 11) is -3.51. The number of hydrogen-bond donors (Lipinski definition) is 2. The van der Waals surface area contributed by atoms with E-state index >= 15 is 0 Å². The van der Waals surface area contributed by atoms with Crippen LogP contribution in [0.5, 0.6) is 0 Å². The van der Waals surface area contributed by atoms with E-state index in [1.54, 1.807) is 11.4 Å². The quantitative estimate of drug-likeness (QED) is 0.844. The van der Waals surface area contributed by atoms with Gasteiger partial charge >= 0.3 is 0 Å². The summed E-state index contributed by atoms with van der Waals surface area (Å²) in [5.41, 5.74) is 6.41. The Kier molecular flexibility index (Phi) is 4.98. The standard InChI is InChI=1S/C13H15BrN2O2S2/c1-9(10-2-4-11(14)5-3-10)16-20(17,18)13-6-12(7-15)19-8-13/h2-6,8-9,16H,7,15H2,1H3. The fourth-order valence-corrected chi connectivity index (χ4v) is 4.38. The first-order chi connectivity index (χ1) is 9.42. The SMILES string of the molecule is CC(NS(=O)(=O)c1csc(CN)c1)c1ccc(Br)cc1. The number of hydrogen-bond acceptors (Lipinski definition) is 4. The summed E-state index contributed by atoms with van der Waals surface area (Å²) < 4.78 is 28.1. The Morgan fingerprint density at radius 2 is 2.00 bits per heavy atom. The van der Waals surface area contributed by atoms with Crippen LogP contribution in [0.2, 0.25) is 0 Å². The van der Waals surface area contributed by atoms with Gasteiger partial charge in [-0.15, -0.1) is 11.3 Å². The van der Waals surface area contributed by atoms with Crippen LogP contribution < -0.4 is 10.5 Å². The smallest absolute Gasteiger partial charge is 0.241 e. The van der Waals surface area contributed by atoms with E-state index in [0.29, 0.717) is 6.54 Å². The highest BCUT2D eigenvalue weighted by Gasteiger charge is 2.19. The first-order valence-electron chi connectivity index (χ1n) is 5.97. The van der Waals surface area contributed by atoms with E-state index in [1.165, 1.54) is 11.3 Å². The molecule has 0 radical (unpaired) electrons. The van der Waals surface area contributed by atoms with E-state index < -0.39 is 10.0 Å². The van der Waals surface area contributed by atoms with Crippen LogP contribution in [-0.4, -0.2) is 8.42 Å². The second-order valence-corrected chi connectivity index (χ2v) is 7.97. The second kappa shape index (κ2) is 6.36. The van der Waals surface area contributed by atoms with Crippen molar-refractivity contribution < 1.29 is 8.42 Å². The zero-order chi connectivity index (χ0) is 14.8. The summed E-state index contributed by atoms with van der Waals surface area (Å²) >= 11 is 4.71. The van der Waals surface area contributed by atoms with Gasteiger partial charge in [0.15, 0.2) is 0 Å². The number of benzene rings is 1. The predicted octanol–water partition coefficient (Wildman–Crippen LogP) is 3.01. The molecule has 1 aromatic carbocycles. The molecule has 0 saturated heterocycles. The molecule has 2 aromatic rings. The molecule has 0 saturated carbocycles. The first kappa shape index (κ1) is 15.7. The molecule has 0 fully saturated rings. The number of thiophene rings is 1. The molecule has 0 bridgehead atoms. The molecule has 7 heteroatoms. The fraction of sp³-hybridized carbons (Fsp3) is 0.231. The number of sulfonamides is 1. The minimum atomic E-state index is -3.51. The fourth-order valence-electron chi connectivity index (χ4n) is 1.73. The van der Waals surface area contributed by atoms with Crippen LogP contribution in [0.25, 0.3) is 0 Å². The highest BCUT2D eigenvalue weighted by atomic mass is 79.9. The van der Waals surface area contributed by atoms with E-state index in [2.05, 4.69) is 20.7 Å². The first-order valence-corrected chi connectivity index (χ1v) is 9.13. The lowest BCUT2D eigenvalue weighted by atomic mass is 10.1. The Morgan fingerprint density at radius 1 is 1.35 bits per heavy atom. The zero-order valence-corrected chi connectivity index (χ0v) is 14.1. The third kappa shape index (κ3) is 3.67. The van der Waals surface area contributed by atoms with Gasteiger partial charge in [0.05, 0.1) is 4.90 Å². The predicted molar refractivity (Wildman–Crippen MR) is 85.1 cm³/mol. The van der Waals surface area contributed by atoms with Crippen LogP contribution in [-0.2, 0) is 16.6 Å². The molecule has 3 N–H and O–H groups in total. The summed E-state index contributed by atoms with van der Waals surface area (Å²) in [6.07, 6.45) is 0. The highest BCUT2D eigenvalue weighted by Crippen LogP contribution is 2.22. The average Bonchev–Trinajstić information content (AvgIpc) is 2.88. The van der Waals surface area contributed by atoms with Crippen molar-refractivity contribution in [3.8, 4) is 0 Å². The lowest BCUT2D eigenvalue weighted by molar-refractivity contribution is 0.567. The molecule has 1 unspecified atom stereocenters. The Hall–Kier alpha value is -0.730. The molecule has 0 spiro atoms. The van der Waals surface area contributed by atoms with Gasteiger partial charge in [-0.3, -0.25) is 0 Å². The molecule has 1 aromatic heterocycles. The van der Waals surface area contributed by atoms with Crippen molar-refractivity contribution >= 4 is 37.3 Å². The van der Waals surface area contributed by atoms with Crippen LogP contribution in [0.1, 0.15) is 23.4 Å². The average molecular weight is 375 g/mol. The van der Waals surface area contributed by atoms with Gasteiger partial charge in [0.1, 0.15) is 0 Å². The Balaban J connectivity index is 2.17. The second-order valence-electron chi connectivity index (χ2n) is 4.35. The lowest BCUT2D eigenvalue weighted by Crippen LogP contribution is -2.26. The normalized spacial score (nSPS) is 13.3. The summed E-state index contributed by atoms with van der Waals surface area (Å²) in [5.74, 6) is 0. The minimum Gasteiger partial charge on any atom is -0.326 e. The van der Waals surface area contributed by atoms with E-state index in [1.807, 2.05) is 31.2 Å². The molecule has 1 atom stereocenters. The Morgan fingerprint density at radius 3 is 2.55 bits per heavy atom. The van der Waals surface area contributed by atoms with Crippen molar-refractivity contribution in [3.05, 3.63) is 50.6 Å². The maximum atomic E-state index is 12.3. The summed E-state index contributed by atoms with van der Waals surface area (Å²) in [6, 6.07) is 8.86. The molecule has 0 aliphatic rings. The van der Waals surface area contributed by atoms with Gasteiger partial charge in [-0.25, -0.2) is 13.1 Å². The third-order valence-electron chi connectivity index (χ3n) is 2.84. The Labute approximate surface area is 131 Å². The van der Waals surface area contributed by atoms with Crippen molar-refractivity contribution in [1.82, 2.24) is 4.72 Å². The van der Waals surface area contributed by atoms with Crippen LogP contribution in [0.3, 0.4) is 0 Å². The summed E-state index contributed by atoms with van der Waals surface area (Å²) in [6.45, 7) is 2.17. The molecule has 20 heavy (non-hydrogen) atoms. The van der Waals surface area contributed by atoms with Crippen molar-refractivity contribution in [2.24, 2.45) is 5.73 Å². The largest absolute Gasteiger partial charge is 0.326 e. The van der Waals surface area contributed by atoms with Crippen LogP contribution in [0.4, 0.5) is 0 Å². The maximum absolute atomic E-state index is 12.3. The van der Waals surface area contributed by atoms with Gasteiger partial charge in [0.2, 0.25) is 10.0 Å². The molecule has 1 heterocycles. The molecular formula is C13H15BrN2O2S2. The third-order valence-corrected chi connectivity index (χ3v) is 6.00. The molecule has 0 aliphatic carbocycles. The summed E-state index contributed by atoms with van der Waals surface area (Å²) in [4.78, 5) is 1.12. The van der Waals surface area contributed by atoms with Crippen molar-refractivity contribution in [1.29, 1.82) is 0 Å². The maximum Gasteiger partial charge on any atom is 0.241 e. The molecular weight excluding hydrogens is 360 g/mol. The van der Waals surface area contributed by atoms with Gasteiger partial charge < -0.3 is 5.73 Å². The molecule has 108 valence electrons. The van der Waals surface area contributed by atoms with Crippen LogP contribution >= 0.6 is 27.3 Å². The van der Waals surface area contributed by atoms with Gasteiger partial charge in [0.25, 0.3) is 0 Å². The van der Waals surface area contributed by atoms with Crippen LogP contribution in [0.15, 0.2) is 45.1 Å². The molecule has 4 nitrogen and oxygen atoms in total. The van der Waals surface area contributed by atoms with Gasteiger partial charge in [0, 0.05) is 27.3 Å². The number of halogens is 1.